The summed E-state index contributed by atoms with van der Waals surface area (Å²) < 4.78 is 5.12. The van der Waals surface area contributed by atoms with Crippen molar-refractivity contribution in [3.63, 3.8) is 0 Å². The fourth-order valence-electron chi connectivity index (χ4n) is 1.85. The quantitative estimate of drug-likeness (QED) is 0.658. The highest BCUT2D eigenvalue weighted by Gasteiger charge is 2.03. The average molecular weight is 302 g/mol. The molecule has 0 spiro atoms. The van der Waals surface area contributed by atoms with Gasteiger partial charge in [0.1, 0.15) is 5.75 Å². The Labute approximate surface area is 128 Å². The lowest BCUT2D eigenvalue weighted by Crippen LogP contribution is -2.21. The van der Waals surface area contributed by atoms with E-state index in [0.717, 1.165) is 21.9 Å². The molecule has 0 aliphatic carbocycles. The van der Waals surface area contributed by atoms with Gasteiger partial charge in [0.25, 0.3) is 0 Å². The van der Waals surface area contributed by atoms with E-state index in [9.17, 15) is 4.79 Å². The van der Waals surface area contributed by atoms with Gasteiger partial charge in [-0.1, -0.05) is 18.2 Å². The molecule has 110 valence electrons. The number of thiophene rings is 1. The van der Waals surface area contributed by atoms with Crippen molar-refractivity contribution < 1.29 is 9.53 Å². The lowest BCUT2D eigenvalue weighted by Gasteiger charge is -2.04. The number of amides is 1. The van der Waals surface area contributed by atoms with Crippen molar-refractivity contribution in [2.75, 3.05) is 7.11 Å². The smallest absolute Gasteiger partial charge is 0.245 e. The minimum Gasteiger partial charge on any atom is -0.497 e. The molecule has 1 heterocycles. The maximum atomic E-state index is 11.7. The molecule has 1 aromatic carbocycles. The molecule has 2 aromatic rings. The molecule has 21 heavy (non-hydrogen) atoms. The second-order valence-corrected chi connectivity index (χ2v) is 5.70. The van der Waals surface area contributed by atoms with Crippen molar-refractivity contribution in [3.05, 3.63) is 52.2 Å². The molecule has 0 aliphatic rings. The molecular weight excluding hydrogens is 284 g/mol. The minimum atomic E-state index is -0.0912. The molecule has 4 nitrogen and oxygen atoms in total. The fraction of sp³-hybridized carbons (Fsp3) is 0.250. The first-order valence-electron chi connectivity index (χ1n) is 6.64. The molecule has 1 amide bonds. The van der Waals surface area contributed by atoms with E-state index in [1.807, 2.05) is 48.7 Å². The molecule has 0 saturated heterocycles. The number of carbonyl (C=O) groups excluding carboxylic acids is 1. The van der Waals surface area contributed by atoms with Crippen LogP contribution in [0.3, 0.4) is 0 Å². The van der Waals surface area contributed by atoms with Crippen LogP contribution in [0.5, 0.6) is 5.75 Å². The Morgan fingerprint density at radius 2 is 2.00 bits per heavy atom. The molecule has 0 atom stereocenters. The van der Waals surface area contributed by atoms with Crippen LogP contribution in [-0.4, -0.2) is 18.7 Å². The molecule has 5 heteroatoms. The fourth-order valence-corrected chi connectivity index (χ4v) is 2.55. The highest BCUT2D eigenvalue weighted by atomic mass is 32.1. The molecule has 0 saturated carbocycles. The van der Waals surface area contributed by atoms with Crippen molar-refractivity contribution in [2.45, 2.75) is 19.8 Å². The van der Waals surface area contributed by atoms with Crippen LogP contribution in [0.25, 0.3) is 0 Å². The number of methoxy groups -OCH3 is 1. The van der Waals surface area contributed by atoms with E-state index in [2.05, 4.69) is 10.5 Å². The van der Waals surface area contributed by atoms with Gasteiger partial charge in [-0.3, -0.25) is 4.79 Å². The molecule has 1 aromatic heterocycles. The van der Waals surface area contributed by atoms with E-state index in [1.165, 1.54) is 0 Å². The van der Waals surface area contributed by atoms with E-state index < -0.39 is 0 Å². The standard InChI is InChI=1S/C16H18N2O2S/c1-12(10-13-5-7-14(20-2)8-6-13)17-18-16(19)11-15-4-3-9-21-15/h3-9H,10-11H2,1-2H3,(H,18,19)/b17-12+. The van der Waals surface area contributed by atoms with Gasteiger partial charge in [0.2, 0.25) is 5.91 Å². The zero-order valence-electron chi connectivity index (χ0n) is 12.1. The Kier molecular flexibility index (Phi) is 5.51. The first-order chi connectivity index (χ1) is 10.2. The van der Waals surface area contributed by atoms with Gasteiger partial charge < -0.3 is 4.74 Å². The molecule has 0 radical (unpaired) electrons. The molecule has 0 unspecified atom stereocenters. The maximum absolute atomic E-state index is 11.7. The summed E-state index contributed by atoms with van der Waals surface area (Å²) in [5.74, 6) is 0.740. The zero-order chi connectivity index (χ0) is 15.1. The zero-order valence-corrected chi connectivity index (χ0v) is 12.9. The molecule has 0 fully saturated rings. The van der Waals surface area contributed by atoms with Crippen molar-refractivity contribution in [1.82, 2.24) is 5.43 Å². The van der Waals surface area contributed by atoms with E-state index in [4.69, 9.17) is 4.74 Å². The van der Waals surface area contributed by atoms with Gasteiger partial charge in [0.15, 0.2) is 0 Å². The largest absolute Gasteiger partial charge is 0.497 e. The Morgan fingerprint density at radius 3 is 2.62 bits per heavy atom. The average Bonchev–Trinajstić information content (AvgIpc) is 2.99. The van der Waals surface area contributed by atoms with Crippen LogP contribution in [0, 0.1) is 0 Å². The Balaban J connectivity index is 1.84. The van der Waals surface area contributed by atoms with E-state index >= 15 is 0 Å². The minimum absolute atomic E-state index is 0.0912. The summed E-state index contributed by atoms with van der Waals surface area (Å²) in [6.07, 6.45) is 1.07. The van der Waals surface area contributed by atoms with E-state index in [1.54, 1.807) is 18.4 Å². The number of benzene rings is 1. The summed E-state index contributed by atoms with van der Waals surface area (Å²) in [5, 5.41) is 6.09. The van der Waals surface area contributed by atoms with Gasteiger partial charge in [0.05, 0.1) is 13.5 Å². The number of nitrogens with one attached hydrogen (secondary N) is 1. The highest BCUT2D eigenvalue weighted by Crippen LogP contribution is 2.12. The summed E-state index contributed by atoms with van der Waals surface area (Å²) in [6.45, 7) is 1.90. The molecule has 2 rings (SSSR count). The summed E-state index contributed by atoms with van der Waals surface area (Å²) in [6, 6.07) is 11.7. The Bertz CT molecular complexity index is 604. The monoisotopic (exact) mass is 302 g/mol. The third-order valence-corrected chi connectivity index (χ3v) is 3.78. The second kappa shape index (κ2) is 7.59. The van der Waals surface area contributed by atoms with Crippen LogP contribution in [0.4, 0.5) is 0 Å². The Hall–Kier alpha value is -2.14. The topological polar surface area (TPSA) is 50.7 Å². The number of nitrogens with zero attached hydrogens (tertiary/aromatic N) is 1. The summed E-state index contributed by atoms with van der Waals surface area (Å²) in [5.41, 5.74) is 4.58. The first-order valence-corrected chi connectivity index (χ1v) is 7.52. The van der Waals surface area contributed by atoms with Gasteiger partial charge in [0, 0.05) is 17.0 Å². The van der Waals surface area contributed by atoms with Crippen LogP contribution < -0.4 is 10.2 Å². The van der Waals surface area contributed by atoms with Crippen LogP contribution in [0.1, 0.15) is 17.4 Å². The van der Waals surface area contributed by atoms with E-state index in [0.29, 0.717) is 12.8 Å². The molecule has 0 aliphatic heterocycles. The van der Waals surface area contributed by atoms with Crippen LogP contribution >= 0.6 is 11.3 Å². The summed E-state index contributed by atoms with van der Waals surface area (Å²) in [7, 11) is 1.64. The normalized spacial score (nSPS) is 11.2. The predicted octanol–water partition coefficient (Wildman–Crippen LogP) is 3.03. The van der Waals surface area contributed by atoms with Crippen LogP contribution in [-0.2, 0) is 17.6 Å². The SMILES string of the molecule is COc1ccc(C/C(C)=N/NC(=O)Cc2cccs2)cc1. The predicted molar refractivity (Wildman–Crippen MR) is 86.0 cm³/mol. The molecular formula is C16H18N2O2S. The van der Waals surface area contributed by atoms with E-state index in [-0.39, 0.29) is 5.91 Å². The number of ether oxygens (including phenoxy) is 1. The number of hydrazone groups is 1. The third kappa shape index (κ3) is 5.04. The van der Waals surface area contributed by atoms with Gasteiger partial charge >= 0.3 is 0 Å². The Morgan fingerprint density at radius 1 is 1.24 bits per heavy atom. The first kappa shape index (κ1) is 15.3. The van der Waals surface area contributed by atoms with Gasteiger partial charge in [-0.15, -0.1) is 11.3 Å². The molecule has 0 bridgehead atoms. The van der Waals surface area contributed by atoms with Gasteiger partial charge in [-0.2, -0.15) is 5.10 Å². The van der Waals surface area contributed by atoms with Crippen molar-refractivity contribution in [2.24, 2.45) is 5.10 Å². The number of rotatable bonds is 6. The van der Waals surface area contributed by atoms with Crippen LogP contribution in [0.15, 0.2) is 46.9 Å². The second-order valence-electron chi connectivity index (χ2n) is 4.66. The summed E-state index contributed by atoms with van der Waals surface area (Å²) in [4.78, 5) is 12.8. The number of carbonyl (C=O) groups is 1. The van der Waals surface area contributed by atoms with Crippen molar-refractivity contribution in [1.29, 1.82) is 0 Å². The van der Waals surface area contributed by atoms with Gasteiger partial charge in [-0.25, -0.2) is 5.43 Å². The third-order valence-electron chi connectivity index (χ3n) is 2.91. The van der Waals surface area contributed by atoms with Crippen LogP contribution in [0.2, 0.25) is 0 Å². The van der Waals surface area contributed by atoms with Gasteiger partial charge in [-0.05, 0) is 36.1 Å². The maximum Gasteiger partial charge on any atom is 0.245 e. The lowest BCUT2D eigenvalue weighted by molar-refractivity contribution is -0.120. The number of hydrogen-bond acceptors (Lipinski definition) is 4. The highest BCUT2D eigenvalue weighted by molar-refractivity contribution is 7.10. The van der Waals surface area contributed by atoms with Crippen molar-refractivity contribution in [3.8, 4) is 5.75 Å². The summed E-state index contributed by atoms with van der Waals surface area (Å²) >= 11 is 1.57. The van der Waals surface area contributed by atoms with Crippen molar-refractivity contribution >= 4 is 23.0 Å². The number of hydrogen-bond donors (Lipinski definition) is 1. The molecule has 1 N–H and O–H groups in total. The lowest BCUT2D eigenvalue weighted by atomic mass is 10.1.